The zero-order valence-electron chi connectivity index (χ0n) is 12.4. The Labute approximate surface area is 127 Å². The quantitative estimate of drug-likeness (QED) is 0.453. The van der Waals surface area contributed by atoms with Crippen molar-refractivity contribution < 1.29 is 30.3 Å². The number of aliphatic hydroxyl groups excluding tert-OH is 3. The molecule has 0 unspecified atom stereocenters. The third-order valence-electron chi connectivity index (χ3n) is 4.83. The van der Waals surface area contributed by atoms with Crippen LogP contribution in [0.1, 0.15) is 18.1 Å². The Bertz CT molecular complexity index is 648. The summed E-state index contributed by atoms with van der Waals surface area (Å²) < 4.78 is 5.13. The van der Waals surface area contributed by atoms with Gasteiger partial charge in [-0.3, -0.25) is 0 Å². The minimum absolute atomic E-state index is 0.0504. The molecule has 0 fully saturated rings. The summed E-state index contributed by atoms with van der Waals surface area (Å²) in [5, 5.41) is 51.0. The third-order valence-corrected chi connectivity index (χ3v) is 4.83. The molecule has 1 aromatic carbocycles. The van der Waals surface area contributed by atoms with Crippen molar-refractivity contribution >= 4 is 0 Å². The maximum Gasteiger partial charge on any atom is 0.123 e. The van der Waals surface area contributed by atoms with Gasteiger partial charge < -0.3 is 30.3 Å². The number of aliphatic hydroxyl groups is 4. The lowest BCUT2D eigenvalue weighted by Crippen LogP contribution is -2.60. The van der Waals surface area contributed by atoms with E-state index < -0.39 is 23.9 Å². The summed E-state index contributed by atoms with van der Waals surface area (Å²) in [7, 11) is 1.50. The summed E-state index contributed by atoms with van der Waals surface area (Å²) in [5.74, 6) is 0.548. The average Bonchev–Trinajstić information content (AvgIpc) is 2.50. The van der Waals surface area contributed by atoms with Crippen LogP contribution in [0.25, 0.3) is 0 Å². The van der Waals surface area contributed by atoms with Crippen molar-refractivity contribution in [1.82, 2.24) is 0 Å². The summed E-state index contributed by atoms with van der Waals surface area (Å²) in [6, 6.07) is 3.25. The molecule has 0 saturated carbocycles. The summed E-state index contributed by atoms with van der Waals surface area (Å²) in [6.07, 6.45) is -3.55. The van der Waals surface area contributed by atoms with Crippen LogP contribution in [0.3, 0.4) is 0 Å². The molecule has 0 aliphatic heterocycles. The Kier molecular flexibility index (Phi) is 3.45. The van der Waals surface area contributed by atoms with E-state index >= 15 is 0 Å². The first-order chi connectivity index (χ1) is 10.3. The fourth-order valence-corrected chi connectivity index (χ4v) is 3.38. The SMILES string of the molecule is COc1cc(O)c2c(c1)CC1=C(C2)[C@H](O)[C@@H](O)[C@@](C)(O)[C@H]1O. The second-order valence-electron chi connectivity index (χ2n) is 6.21. The molecule has 0 amide bonds. The van der Waals surface area contributed by atoms with E-state index in [2.05, 4.69) is 0 Å². The number of phenols is 1. The highest BCUT2D eigenvalue weighted by Crippen LogP contribution is 2.43. The molecular formula is C16H20O6. The Morgan fingerprint density at radius 2 is 1.82 bits per heavy atom. The van der Waals surface area contributed by atoms with Gasteiger partial charge in [0.15, 0.2) is 0 Å². The maximum atomic E-state index is 10.4. The minimum Gasteiger partial charge on any atom is -0.508 e. The largest absolute Gasteiger partial charge is 0.508 e. The van der Waals surface area contributed by atoms with Gasteiger partial charge in [-0.05, 0) is 36.1 Å². The molecule has 120 valence electrons. The Morgan fingerprint density at radius 1 is 1.14 bits per heavy atom. The number of hydrogen-bond acceptors (Lipinski definition) is 6. The fourth-order valence-electron chi connectivity index (χ4n) is 3.38. The van der Waals surface area contributed by atoms with Gasteiger partial charge in [0.1, 0.15) is 35.4 Å². The lowest BCUT2D eigenvalue weighted by molar-refractivity contribution is -0.161. The molecule has 0 spiro atoms. The van der Waals surface area contributed by atoms with E-state index in [0.717, 1.165) is 5.56 Å². The highest BCUT2D eigenvalue weighted by Gasteiger charge is 2.50. The molecule has 0 radical (unpaired) electrons. The van der Waals surface area contributed by atoms with Crippen molar-refractivity contribution in [2.24, 2.45) is 0 Å². The molecule has 6 nitrogen and oxygen atoms in total. The number of rotatable bonds is 1. The van der Waals surface area contributed by atoms with E-state index in [0.29, 0.717) is 22.5 Å². The van der Waals surface area contributed by atoms with Gasteiger partial charge in [0.05, 0.1) is 7.11 Å². The van der Waals surface area contributed by atoms with Crippen molar-refractivity contribution in [3.63, 3.8) is 0 Å². The molecule has 2 aliphatic rings. The van der Waals surface area contributed by atoms with Crippen LogP contribution in [0, 0.1) is 0 Å². The van der Waals surface area contributed by atoms with Crippen molar-refractivity contribution in [2.45, 2.75) is 43.7 Å². The lowest BCUT2D eigenvalue weighted by atomic mass is 9.69. The molecule has 6 heteroatoms. The number of methoxy groups -OCH3 is 1. The smallest absolute Gasteiger partial charge is 0.123 e. The van der Waals surface area contributed by atoms with Crippen molar-refractivity contribution in [3.05, 3.63) is 34.4 Å². The van der Waals surface area contributed by atoms with Crippen LogP contribution >= 0.6 is 0 Å². The number of phenolic OH excluding ortho intramolecular Hbond substituents is 1. The second-order valence-corrected chi connectivity index (χ2v) is 6.21. The highest BCUT2D eigenvalue weighted by molar-refractivity contribution is 5.54. The minimum atomic E-state index is -1.82. The third kappa shape index (κ3) is 2.03. The van der Waals surface area contributed by atoms with Crippen molar-refractivity contribution in [3.8, 4) is 11.5 Å². The Balaban J connectivity index is 2.09. The van der Waals surface area contributed by atoms with Crippen LogP contribution in [-0.4, -0.2) is 56.6 Å². The molecular weight excluding hydrogens is 288 g/mol. The van der Waals surface area contributed by atoms with Crippen molar-refractivity contribution in [2.75, 3.05) is 7.11 Å². The van der Waals surface area contributed by atoms with E-state index in [9.17, 15) is 25.5 Å². The van der Waals surface area contributed by atoms with E-state index in [4.69, 9.17) is 4.74 Å². The van der Waals surface area contributed by atoms with E-state index in [1.807, 2.05) is 0 Å². The molecule has 22 heavy (non-hydrogen) atoms. The molecule has 0 heterocycles. The summed E-state index contributed by atoms with van der Waals surface area (Å²) in [5.41, 5.74) is 0.535. The molecule has 4 atom stereocenters. The molecule has 1 aromatic rings. The predicted molar refractivity (Wildman–Crippen MR) is 77.7 cm³/mol. The first-order valence-corrected chi connectivity index (χ1v) is 7.14. The standard InChI is InChI=1S/C16H20O6/c1-16(21)14(19)11-4-7-3-8(22-2)5-12(17)9(7)6-10(11)13(18)15(16)20/h3,5,13-15,17-21H,4,6H2,1-2H3/t13-,14-,15+,16-/m0/s1. The summed E-state index contributed by atoms with van der Waals surface area (Å²) >= 11 is 0. The predicted octanol–water partition coefficient (Wildman–Crippen LogP) is -0.357. The van der Waals surface area contributed by atoms with Gasteiger partial charge in [0, 0.05) is 18.1 Å². The molecule has 0 saturated heterocycles. The zero-order chi connectivity index (χ0) is 16.2. The second kappa shape index (κ2) is 4.96. The van der Waals surface area contributed by atoms with Crippen molar-refractivity contribution in [1.29, 1.82) is 0 Å². The summed E-state index contributed by atoms with van der Waals surface area (Å²) in [6.45, 7) is 1.30. The number of aromatic hydroxyl groups is 1. The van der Waals surface area contributed by atoms with Gasteiger partial charge in [0.2, 0.25) is 0 Å². The van der Waals surface area contributed by atoms with Gasteiger partial charge in [-0.2, -0.15) is 0 Å². The van der Waals surface area contributed by atoms with E-state index in [1.165, 1.54) is 20.1 Å². The van der Waals surface area contributed by atoms with Crippen LogP contribution in [0.2, 0.25) is 0 Å². The molecule has 0 bridgehead atoms. The number of fused-ring (bicyclic) bond motifs is 1. The van der Waals surface area contributed by atoms with Crippen LogP contribution in [0.5, 0.6) is 11.5 Å². The molecule has 5 N–H and O–H groups in total. The van der Waals surface area contributed by atoms with Crippen LogP contribution < -0.4 is 4.74 Å². The zero-order valence-corrected chi connectivity index (χ0v) is 12.4. The monoisotopic (exact) mass is 308 g/mol. The number of hydrogen-bond donors (Lipinski definition) is 5. The van der Waals surface area contributed by atoms with Crippen LogP contribution in [0.15, 0.2) is 23.3 Å². The Morgan fingerprint density at radius 3 is 2.45 bits per heavy atom. The fraction of sp³-hybridized carbons (Fsp3) is 0.500. The number of ether oxygens (including phenoxy) is 1. The summed E-state index contributed by atoms with van der Waals surface area (Å²) in [4.78, 5) is 0. The normalized spacial score (nSPS) is 34.2. The van der Waals surface area contributed by atoms with Crippen LogP contribution in [0.4, 0.5) is 0 Å². The lowest BCUT2D eigenvalue weighted by Gasteiger charge is -2.45. The van der Waals surface area contributed by atoms with E-state index in [-0.39, 0.29) is 18.6 Å². The first-order valence-electron chi connectivity index (χ1n) is 7.14. The van der Waals surface area contributed by atoms with Gasteiger partial charge in [-0.15, -0.1) is 0 Å². The number of benzene rings is 1. The van der Waals surface area contributed by atoms with E-state index in [1.54, 1.807) is 6.07 Å². The maximum absolute atomic E-state index is 10.4. The average molecular weight is 308 g/mol. The first kappa shape index (κ1) is 15.3. The molecule has 0 aromatic heterocycles. The topological polar surface area (TPSA) is 110 Å². The van der Waals surface area contributed by atoms with Gasteiger partial charge in [0.25, 0.3) is 0 Å². The molecule has 3 rings (SSSR count). The Hall–Kier alpha value is -1.60. The van der Waals surface area contributed by atoms with Gasteiger partial charge in [-0.1, -0.05) is 0 Å². The van der Waals surface area contributed by atoms with Gasteiger partial charge in [-0.25, -0.2) is 0 Å². The highest BCUT2D eigenvalue weighted by atomic mass is 16.5. The molecule has 2 aliphatic carbocycles. The van der Waals surface area contributed by atoms with Crippen LogP contribution in [-0.2, 0) is 12.8 Å². The van der Waals surface area contributed by atoms with Gasteiger partial charge >= 0.3 is 0 Å².